The van der Waals surface area contributed by atoms with E-state index in [1.54, 1.807) is 0 Å². The van der Waals surface area contributed by atoms with Crippen molar-refractivity contribution in [1.82, 2.24) is 4.68 Å². The molecule has 0 radical (unpaired) electrons. The first-order valence-electron chi connectivity index (χ1n) is 4.33. The van der Waals surface area contributed by atoms with Gasteiger partial charge in [-0.1, -0.05) is 0 Å². The van der Waals surface area contributed by atoms with Crippen LogP contribution >= 0.6 is 0 Å². The minimum atomic E-state index is -0.707. The van der Waals surface area contributed by atoms with Crippen LogP contribution in [0.15, 0.2) is 12.1 Å². The molecule has 1 rings (SSSR count). The summed E-state index contributed by atoms with van der Waals surface area (Å²) in [5, 5.41) is 17.7. The van der Waals surface area contributed by atoms with E-state index < -0.39 is 6.10 Å². The molecule has 13 heavy (non-hydrogen) atoms. The second-order valence-electron chi connectivity index (χ2n) is 3.15. The van der Waals surface area contributed by atoms with Crippen LogP contribution in [-0.2, 0) is 0 Å². The molecule has 1 heterocycles. The lowest BCUT2D eigenvalue weighted by Crippen LogP contribution is -2.29. The summed E-state index contributed by atoms with van der Waals surface area (Å²) in [6.45, 7) is 4.09. The van der Waals surface area contributed by atoms with Gasteiger partial charge in [0, 0.05) is 11.4 Å². The van der Waals surface area contributed by atoms with Gasteiger partial charge in [-0.2, -0.15) is 0 Å². The van der Waals surface area contributed by atoms with Crippen LogP contribution in [0.3, 0.4) is 0 Å². The predicted molar refractivity (Wildman–Crippen MR) is 51.2 cm³/mol. The van der Waals surface area contributed by atoms with Gasteiger partial charge in [0.05, 0.1) is 19.3 Å². The van der Waals surface area contributed by atoms with Crippen LogP contribution < -0.4 is 5.43 Å². The number of nitrogens with zero attached hydrogens (tertiary/aromatic N) is 1. The standard InChI is InChI=1S/C9H16N2O2/c1-7-3-4-8(2)11(7)10-5-9(13)6-12/h3-4,9-10,12-13H,5-6H2,1-2H3. The van der Waals surface area contributed by atoms with E-state index in [4.69, 9.17) is 10.2 Å². The van der Waals surface area contributed by atoms with E-state index in [0.717, 1.165) is 11.4 Å². The van der Waals surface area contributed by atoms with E-state index in [1.165, 1.54) is 0 Å². The van der Waals surface area contributed by atoms with Crippen molar-refractivity contribution in [3.8, 4) is 0 Å². The average molecular weight is 184 g/mol. The number of hydrogen-bond donors (Lipinski definition) is 3. The Kier molecular flexibility index (Phi) is 3.33. The van der Waals surface area contributed by atoms with Gasteiger partial charge >= 0.3 is 0 Å². The van der Waals surface area contributed by atoms with E-state index in [9.17, 15) is 0 Å². The number of nitrogens with one attached hydrogen (secondary N) is 1. The van der Waals surface area contributed by atoms with Crippen molar-refractivity contribution in [2.75, 3.05) is 18.6 Å². The number of aliphatic hydroxyl groups is 2. The second-order valence-corrected chi connectivity index (χ2v) is 3.15. The summed E-state index contributed by atoms with van der Waals surface area (Å²) in [5.41, 5.74) is 5.19. The van der Waals surface area contributed by atoms with Crippen LogP contribution in [0.25, 0.3) is 0 Å². The maximum absolute atomic E-state index is 9.11. The average Bonchev–Trinajstić information content (AvgIpc) is 2.43. The Morgan fingerprint density at radius 2 is 1.92 bits per heavy atom. The van der Waals surface area contributed by atoms with Crippen molar-refractivity contribution in [1.29, 1.82) is 0 Å². The third-order valence-electron chi connectivity index (χ3n) is 1.97. The molecule has 1 aromatic heterocycles. The molecule has 0 aromatic carbocycles. The molecule has 74 valence electrons. The maximum atomic E-state index is 9.11. The molecular formula is C9H16N2O2. The molecule has 0 aliphatic heterocycles. The molecule has 4 nitrogen and oxygen atoms in total. The summed E-state index contributed by atoms with van der Waals surface area (Å²) < 4.78 is 1.89. The summed E-state index contributed by atoms with van der Waals surface area (Å²) in [6.07, 6.45) is -0.707. The van der Waals surface area contributed by atoms with Crippen molar-refractivity contribution in [3.05, 3.63) is 23.5 Å². The Balaban J connectivity index is 2.53. The van der Waals surface area contributed by atoms with Crippen molar-refractivity contribution < 1.29 is 10.2 Å². The topological polar surface area (TPSA) is 57.4 Å². The molecule has 1 unspecified atom stereocenters. The van der Waals surface area contributed by atoms with Gasteiger partial charge < -0.3 is 15.6 Å². The van der Waals surface area contributed by atoms with Gasteiger partial charge in [-0.3, -0.25) is 4.68 Å². The van der Waals surface area contributed by atoms with Gasteiger partial charge in [0.15, 0.2) is 0 Å². The third-order valence-corrected chi connectivity index (χ3v) is 1.97. The highest BCUT2D eigenvalue weighted by Crippen LogP contribution is 2.03. The monoisotopic (exact) mass is 184 g/mol. The lowest BCUT2D eigenvalue weighted by molar-refractivity contribution is 0.103. The summed E-state index contributed by atoms with van der Waals surface area (Å²) in [7, 11) is 0. The van der Waals surface area contributed by atoms with E-state index in [2.05, 4.69) is 5.43 Å². The van der Waals surface area contributed by atoms with E-state index in [0.29, 0.717) is 6.54 Å². The number of rotatable bonds is 4. The summed E-state index contributed by atoms with van der Waals surface area (Å²) in [6, 6.07) is 3.99. The Hall–Kier alpha value is -1.00. The van der Waals surface area contributed by atoms with Crippen molar-refractivity contribution in [2.24, 2.45) is 0 Å². The normalized spacial score (nSPS) is 12.9. The van der Waals surface area contributed by atoms with Crippen molar-refractivity contribution in [3.63, 3.8) is 0 Å². The van der Waals surface area contributed by atoms with Gasteiger partial charge in [0.25, 0.3) is 0 Å². The van der Waals surface area contributed by atoms with Crippen LogP contribution in [0.5, 0.6) is 0 Å². The van der Waals surface area contributed by atoms with Gasteiger partial charge in [0.2, 0.25) is 0 Å². The van der Waals surface area contributed by atoms with Crippen molar-refractivity contribution >= 4 is 0 Å². The molecule has 0 aliphatic rings. The Labute approximate surface area is 77.8 Å². The molecule has 4 heteroatoms. The molecule has 1 aromatic rings. The minimum Gasteiger partial charge on any atom is -0.394 e. The van der Waals surface area contributed by atoms with Crippen LogP contribution in [0.1, 0.15) is 11.4 Å². The zero-order valence-corrected chi connectivity index (χ0v) is 7.99. The molecule has 0 aliphatic carbocycles. The smallest absolute Gasteiger partial charge is 0.0958 e. The third kappa shape index (κ3) is 2.47. The SMILES string of the molecule is Cc1ccc(C)n1NCC(O)CO. The number of aliphatic hydroxyl groups excluding tert-OH is 2. The number of aromatic nitrogens is 1. The fraction of sp³-hybridized carbons (Fsp3) is 0.556. The molecule has 0 saturated heterocycles. The molecule has 0 amide bonds. The van der Waals surface area contributed by atoms with Crippen LogP contribution in [0, 0.1) is 13.8 Å². The van der Waals surface area contributed by atoms with Crippen LogP contribution in [0.4, 0.5) is 0 Å². The molecule has 3 N–H and O–H groups in total. The first-order chi connectivity index (χ1) is 6.15. The van der Waals surface area contributed by atoms with Gasteiger partial charge in [0.1, 0.15) is 0 Å². The molecule has 0 saturated carbocycles. The van der Waals surface area contributed by atoms with E-state index >= 15 is 0 Å². The second kappa shape index (κ2) is 4.30. The quantitative estimate of drug-likeness (QED) is 0.617. The maximum Gasteiger partial charge on any atom is 0.0958 e. The fourth-order valence-corrected chi connectivity index (χ4v) is 1.18. The Bertz CT molecular complexity index is 251. The highest BCUT2D eigenvalue weighted by molar-refractivity contribution is 5.15. The lowest BCUT2D eigenvalue weighted by atomic mass is 10.4. The molecule has 1 atom stereocenters. The first kappa shape index (κ1) is 10.1. The van der Waals surface area contributed by atoms with Gasteiger partial charge in [-0.15, -0.1) is 0 Å². The molecular weight excluding hydrogens is 168 g/mol. The zero-order valence-electron chi connectivity index (χ0n) is 7.99. The van der Waals surface area contributed by atoms with Gasteiger partial charge in [-0.25, -0.2) is 0 Å². The molecule has 0 bridgehead atoms. The lowest BCUT2D eigenvalue weighted by Gasteiger charge is -2.14. The van der Waals surface area contributed by atoms with Crippen molar-refractivity contribution in [2.45, 2.75) is 20.0 Å². The van der Waals surface area contributed by atoms with E-state index in [1.807, 2.05) is 30.7 Å². The first-order valence-corrected chi connectivity index (χ1v) is 4.33. The van der Waals surface area contributed by atoms with Gasteiger partial charge in [-0.05, 0) is 26.0 Å². The number of hydrogen-bond acceptors (Lipinski definition) is 3. The Morgan fingerprint density at radius 3 is 2.38 bits per heavy atom. The predicted octanol–water partition coefficient (Wildman–Crippen LogP) is 0.00164. The Morgan fingerprint density at radius 1 is 1.38 bits per heavy atom. The summed E-state index contributed by atoms with van der Waals surface area (Å²) in [5.74, 6) is 0. The van der Waals surface area contributed by atoms with E-state index in [-0.39, 0.29) is 6.61 Å². The van der Waals surface area contributed by atoms with Crippen LogP contribution in [-0.4, -0.2) is 34.1 Å². The summed E-state index contributed by atoms with van der Waals surface area (Å²) in [4.78, 5) is 0. The largest absolute Gasteiger partial charge is 0.394 e. The molecule has 0 fully saturated rings. The molecule has 0 spiro atoms. The number of aryl methyl sites for hydroxylation is 2. The highest BCUT2D eigenvalue weighted by atomic mass is 16.3. The summed E-state index contributed by atoms with van der Waals surface area (Å²) >= 11 is 0. The minimum absolute atomic E-state index is 0.216. The highest BCUT2D eigenvalue weighted by Gasteiger charge is 2.03. The van der Waals surface area contributed by atoms with Crippen LogP contribution in [0.2, 0.25) is 0 Å². The zero-order chi connectivity index (χ0) is 9.84. The fourth-order valence-electron chi connectivity index (χ4n) is 1.18.